The normalized spacial score (nSPS) is 10.3. The second-order valence-electron chi connectivity index (χ2n) is 5.19. The summed E-state index contributed by atoms with van der Waals surface area (Å²) in [7, 11) is 0. The molecule has 0 aliphatic heterocycles. The first kappa shape index (κ1) is 17.0. The van der Waals surface area contributed by atoms with E-state index in [-0.39, 0.29) is 5.91 Å². The molecule has 1 aromatic heterocycles. The molecule has 0 unspecified atom stereocenters. The van der Waals surface area contributed by atoms with Crippen molar-refractivity contribution in [2.45, 2.75) is 0 Å². The van der Waals surface area contributed by atoms with E-state index >= 15 is 0 Å². The first-order valence-electron chi connectivity index (χ1n) is 7.35. The zero-order valence-electron chi connectivity index (χ0n) is 13.0. The van der Waals surface area contributed by atoms with Gasteiger partial charge in [0, 0.05) is 21.3 Å². The number of halogens is 1. The molecule has 1 heterocycles. The van der Waals surface area contributed by atoms with Crippen LogP contribution in [0.5, 0.6) is 0 Å². The van der Waals surface area contributed by atoms with Crippen molar-refractivity contribution in [3.63, 3.8) is 0 Å². The molecule has 5 nitrogen and oxygen atoms in total. The minimum absolute atomic E-state index is 0.221. The van der Waals surface area contributed by atoms with Gasteiger partial charge in [-0.15, -0.1) is 11.3 Å². The van der Waals surface area contributed by atoms with Gasteiger partial charge in [-0.25, -0.2) is 4.79 Å². The number of urea groups is 1. The van der Waals surface area contributed by atoms with E-state index in [1.54, 1.807) is 30.3 Å². The van der Waals surface area contributed by atoms with Gasteiger partial charge < -0.3 is 16.4 Å². The molecular formula is C18H14ClN3O2S. The molecule has 126 valence electrons. The first-order valence-corrected chi connectivity index (χ1v) is 8.54. The molecule has 0 bridgehead atoms. The maximum atomic E-state index is 12.4. The number of nitrogens with two attached hydrogens (primary N) is 1. The zero-order chi connectivity index (χ0) is 17.8. The van der Waals surface area contributed by atoms with Gasteiger partial charge in [0.1, 0.15) is 0 Å². The highest BCUT2D eigenvalue weighted by Crippen LogP contribution is 2.29. The molecule has 0 saturated carbocycles. The fourth-order valence-corrected chi connectivity index (χ4v) is 3.27. The minimum atomic E-state index is -0.658. The van der Waals surface area contributed by atoms with Crippen LogP contribution < -0.4 is 16.4 Å². The number of carbonyl (C=O) groups is 2. The van der Waals surface area contributed by atoms with Crippen molar-refractivity contribution in [3.8, 4) is 10.4 Å². The number of rotatable bonds is 4. The second kappa shape index (κ2) is 7.38. The molecule has 0 radical (unpaired) electrons. The third-order valence-electron chi connectivity index (χ3n) is 3.35. The lowest BCUT2D eigenvalue weighted by molar-refractivity contribution is 0.103. The van der Waals surface area contributed by atoms with E-state index in [0.29, 0.717) is 21.3 Å². The number of hydrogen-bond acceptors (Lipinski definition) is 3. The SMILES string of the molecule is NC(=O)Nc1cccc(NC(=O)c2ccc(-c3ccc(Cl)cc3)s2)c1. The fourth-order valence-electron chi connectivity index (χ4n) is 2.24. The van der Waals surface area contributed by atoms with Crippen LogP contribution in [-0.4, -0.2) is 11.9 Å². The van der Waals surface area contributed by atoms with E-state index < -0.39 is 6.03 Å². The Morgan fingerprint density at radius 1 is 0.920 bits per heavy atom. The van der Waals surface area contributed by atoms with Crippen LogP contribution >= 0.6 is 22.9 Å². The molecule has 0 saturated heterocycles. The number of carbonyl (C=O) groups excluding carboxylic acids is 2. The summed E-state index contributed by atoms with van der Waals surface area (Å²) in [5, 5.41) is 5.94. The molecular weight excluding hydrogens is 358 g/mol. The van der Waals surface area contributed by atoms with E-state index in [1.165, 1.54) is 11.3 Å². The second-order valence-corrected chi connectivity index (χ2v) is 6.72. The number of anilines is 2. The number of amides is 3. The van der Waals surface area contributed by atoms with Gasteiger partial charge in [0.05, 0.1) is 4.88 Å². The lowest BCUT2D eigenvalue weighted by atomic mass is 10.2. The fraction of sp³-hybridized carbons (Fsp3) is 0. The Morgan fingerprint density at radius 2 is 1.60 bits per heavy atom. The molecule has 0 fully saturated rings. The molecule has 0 aliphatic carbocycles. The van der Waals surface area contributed by atoms with Crippen LogP contribution in [0.15, 0.2) is 60.7 Å². The summed E-state index contributed by atoms with van der Waals surface area (Å²) in [5.74, 6) is -0.221. The van der Waals surface area contributed by atoms with Crippen LogP contribution in [0, 0.1) is 0 Å². The van der Waals surface area contributed by atoms with Crippen molar-refractivity contribution in [1.82, 2.24) is 0 Å². The van der Waals surface area contributed by atoms with Crippen LogP contribution in [0.25, 0.3) is 10.4 Å². The molecule has 2 aromatic carbocycles. The van der Waals surface area contributed by atoms with Crippen LogP contribution in [0.2, 0.25) is 5.02 Å². The summed E-state index contributed by atoms with van der Waals surface area (Å²) in [6.07, 6.45) is 0. The third kappa shape index (κ3) is 4.37. The van der Waals surface area contributed by atoms with Gasteiger partial charge in [-0.2, -0.15) is 0 Å². The van der Waals surface area contributed by atoms with Gasteiger partial charge in [-0.3, -0.25) is 4.79 Å². The van der Waals surface area contributed by atoms with E-state index in [9.17, 15) is 9.59 Å². The summed E-state index contributed by atoms with van der Waals surface area (Å²) in [6.45, 7) is 0. The average Bonchev–Trinajstić information content (AvgIpc) is 3.05. The van der Waals surface area contributed by atoms with Gasteiger partial charge in [0.25, 0.3) is 5.91 Å². The molecule has 3 rings (SSSR count). The molecule has 7 heteroatoms. The van der Waals surface area contributed by atoms with Gasteiger partial charge in [-0.05, 0) is 48.0 Å². The third-order valence-corrected chi connectivity index (χ3v) is 4.73. The van der Waals surface area contributed by atoms with Crippen molar-refractivity contribution in [2.24, 2.45) is 5.73 Å². The number of hydrogen-bond donors (Lipinski definition) is 3. The average molecular weight is 372 g/mol. The Labute approximate surface area is 153 Å². The lowest BCUT2D eigenvalue weighted by Gasteiger charge is -2.06. The van der Waals surface area contributed by atoms with Crippen molar-refractivity contribution in [2.75, 3.05) is 10.6 Å². The molecule has 25 heavy (non-hydrogen) atoms. The highest BCUT2D eigenvalue weighted by molar-refractivity contribution is 7.17. The molecule has 3 amide bonds. The lowest BCUT2D eigenvalue weighted by Crippen LogP contribution is -2.19. The topological polar surface area (TPSA) is 84.2 Å². The van der Waals surface area contributed by atoms with Crippen molar-refractivity contribution < 1.29 is 9.59 Å². The summed E-state index contributed by atoms with van der Waals surface area (Å²) in [5.41, 5.74) is 7.17. The van der Waals surface area contributed by atoms with E-state index in [1.807, 2.05) is 30.3 Å². The van der Waals surface area contributed by atoms with Gasteiger partial charge in [0.2, 0.25) is 0 Å². The monoisotopic (exact) mass is 371 g/mol. The van der Waals surface area contributed by atoms with Gasteiger partial charge in [-0.1, -0.05) is 29.8 Å². The van der Waals surface area contributed by atoms with Crippen LogP contribution in [-0.2, 0) is 0 Å². The van der Waals surface area contributed by atoms with E-state index in [2.05, 4.69) is 10.6 Å². The molecule has 0 spiro atoms. The number of primary amides is 1. The molecule has 3 aromatic rings. The predicted octanol–water partition coefficient (Wildman–Crippen LogP) is 4.81. The predicted molar refractivity (Wildman–Crippen MR) is 102 cm³/mol. The quantitative estimate of drug-likeness (QED) is 0.614. The Kier molecular flexibility index (Phi) is 5.02. The van der Waals surface area contributed by atoms with E-state index in [4.69, 9.17) is 17.3 Å². The summed E-state index contributed by atoms with van der Waals surface area (Å²) < 4.78 is 0. The Morgan fingerprint density at radius 3 is 2.28 bits per heavy atom. The first-order chi connectivity index (χ1) is 12.0. The number of benzene rings is 2. The number of thiophene rings is 1. The smallest absolute Gasteiger partial charge is 0.316 e. The van der Waals surface area contributed by atoms with Gasteiger partial charge >= 0.3 is 6.03 Å². The van der Waals surface area contributed by atoms with Crippen molar-refractivity contribution in [3.05, 3.63) is 70.6 Å². The summed E-state index contributed by atoms with van der Waals surface area (Å²) >= 11 is 7.28. The van der Waals surface area contributed by atoms with Crippen LogP contribution in [0.1, 0.15) is 9.67 Å². The van der Waals surface area contributed by atoms with E-state index in [0.717, 1.165) is 10.4 Å². The summed E-state index contributed by atoms with van der Waals surface area (Å²) in [4.78, 5) is 24.9. The Hall–Kier alpha value is -2.83. The largest absolute Gasteiger partial charge is 0.351 e. The Bertz CT molecular complexity index is 922. The zero-order valence-corrected chi connectivity index (χ0v) is 14.5. The molecule has 0 aliphatic rings. The maximum Gasteiger partial charge on any atom is 0.316 e. The molecule has 4 N–H and O–H groups in total. The van der Waals surface area contributed by atoms with Crippen molar-refractivity contribution in [1.29, 1.82) is 0 Å². The molecule has 0 atom stereocenters. The van der Waals surface area contributed by atoms with Crippen LogP contribution in [0.4, 0.5) is 16.2 Å². The Balaban J connectivity index is 1.74. The number of nitrogens with one attached hydrogen (secondary N) is 2. The minimum Gasteiger partial charge on any atom is -0.351 e. The maximum absolute atomic E-state index is 12.4. The summed E-state index contributed by atoms with van der Waals surface area (Å²) in [6, 6.07) is 17.2. The van der Waals surface area contributed by atoms with Crippen LogP contribution in [0.3, 0.4) is 0 Å². The highest BCUT2D eigenvalue weighted by Gasteiger charge is 2.11. The van der Waals surface area contributed by atoms with Gasteiger partial charge in [0.15, 0.2) is 0 Å². The highest BCUT2D eigenvalue weighted by atomic mass is 35.5. The standard InChI is InChI=1S/C18H14ClN3O2S/c19-12-6-4-11(5-7-12)15-8-9-16(25-15)17(23)21-13-2-1-3-14(10-13)22-18(20)24/h1-10H,(H,21,23)(H3,20,22,24). The van der Waals surface area contributed by atoms with Crippen molar-refractivity contribution >= 4 is 46.3 Å².